The lowest BCUT2D eigenvalue weighted by atomic mass is 10.2. The monoisotopic (exact) mass is 348 g/mol. The first-order chi connectivity index (χ1) is 10.2. The van der Waals surface area contributed by atoms with Gasteiger partial charge in [-0.15, -0.1) is 0 Å². The zero-order valence-electron chi connectivity index (χ0n) is 11.7. The van der Waals surface area contributed by atoms with Gasteiger partial charge >= 0.3 is 0 Å². The molecule has 1 atom stereocenters. The minimum Gasteiger partial charge on any atom is -0.379 e. The van der Waals surface area contributed by atoms with Gasteiger partial charge < -0.3 is 5.32 Å². The molecule has 0 saturated carbocycles. The molecule has 2 nitrogen and oxygen atoms in total. The molecular weight excluding hydrogens is 331 g/mol. The van der Waals surface area contributed by atoms with E-state index in [0.717, 1.165) is 30.5 Å². The molecule has 0 aromatic heterocycles. The van der Waals surface area contributed by atoms with Crippen molar-refractivity contribution in [1.82, 2.24) is 4.90 Å². The van der Waals surface area contributed by atoms with Crippen LogP contribution in [0.3, 0.4) is 0 Å². The van der Waals surface area contributed by atoms with E-state index in [1.165, 1.54) is 11.6 Å². The normalized spacial score (nSPS) is 18.9. The van der Waals surface area contributed by atoms with Gasteiger partial charge in [0.15, 0.2) is 0 Å². The minimum absolute atomic E-state index is 0.203. The maximum Gasteiger partial charge on any atom is 0.147 e. The first-order valence-electron chi connectivity index (χ1n) is 7.18. The van der Waals surface area contributed by atoms with Crippen molar-refractivity contribution in [3.05, 3.63) is 64.4 Å². The van der Waals surface area contributed by atoms with Crippen molar-refractivity contribution in [1.29, 1.82) is 0 Å². The number of nitrogens with zero attached hydrogens (tertiary/aromatic N) is 1. The van der Waals surface area contributed by atoms with Crippen LogP contribution in [0.15, 0.2) is 53.0 Å². The lowest BCUT2D eigenvalue weighted by molar-refractivity contribution is 0.328. The molecule has 0 bridgehead atoms. The van der Waals surface area contributed by atoms with Crippen LogP contribution in [-0.2, 0) is 6.54 Å². The largest absolute Gasteiger partial charge is 0.379 e. The summed E-state index contributed by atoms with van der Waals surface area (Å²) in [5.41, 5.74) is 1.91. The fourth-order valence-electron chi connectivity index (χ4n) is 2.76. The highest BCUT2D eigenvalue weighted by molar-refractivity contribution is 9.10. The molecule has 1 fully saturated rings. The summed E-state index contributed by atoms with van der Waals surface area (Å²) < 4.78 is 14.6. The average Bonchev–Trinajstić information content (AvgIpc) is 2.90. The number of anilines is 1. The van der Waals surface area contributed by atoms with Crippen LogP contribution in [0.4, 0.5) is 10.1 Å². The van der Waals surface area contributed by atoms with E-state index in [4.69, 9.17) is 0 Å². The zero-order chi connectivity index (χ0) is 14.7. The van der Waals surface area contributed by atoms with Crippen LogP contribution in [-0.4, -0.2) is 24.0 Å². The number of nitrogens with one attached hydrogen (secondary N) is 1. The van der Waals surface area contributed by atoms with Crippen LogP contribution in [0.2, 0.25) is 0 Å². The third kappa shape index (κ3) is 3.83. The molecule has 1 saturated heterocycles. The van der Waals surface area contributed by atoms with Crippen molar-refractivity contribution in [2.45, 2.75) is 19.0 Å². The van der Waals surface area contributed by atoms with Gasteiger partial charge in [-0.3, -0.25) is 4.90 Å². The van der Waals surface area contributed by atoms with E-state index in [1.807, 2.05) is 12.1 Å². The molecule has 21 heavy (non-hydrogen) atoms. The molecular formula is C17H18BrFN2. The molecule has 2 aromatic rings. The molecule has 0 radical (unpaired) electrons. The molecule has 110 valence electrons. The SMILES string of the molecule is Fc1cc(Br)ccc1NC1CCN(Cc2ccccc2)C1. The Bertz CT molecular complexity index is 603. The van der Waals surface area contributed by atoms with Crippen molar-refractivity contribution in [2.75, 3.05) is 18.4 Å². The minimum atomic E-state index is -0.203. The first-order valence-corrected chi connectivity index (χ1v) is 7.98. The Labute approximate surface area is 133 Å². The van der Waals surface area contributed by atoms with Crippen LogP contribution in [0, 0.1) is 5.82 Å². The van der Waals surface area contributed by atoms with Gasteiger partial charge in [-0.25, -0.2) is 4.39 Å². The lowest BCUT2D eigenvalue weighted by Crippen LogP contribution is -2.26. The third-order valence-corrected chi connectivity index (χ3v) is 4.31. The summed E-state index contributed by atoms with van der Waals surface area (Å²) in [5, 5.41) is 3.31. The quantitative estimate of drug-likeness (QED) is 0.887. The Hall–Kier alpha value is -1.39. The smallest absolute Gasteiger partial charge is 0.147 e. The van der Waals surface area contributed by atoms with Gasteiger partial charge in [0.25, 0.3) is 0 Å². The summed E-state index contributed by atoms with van der Waals surface area (Å²) in [7, 11) is 0. The number of halogens is 2. The molecule has 3 rings (SSSR count). The Morgan fingerprint density at radius 3 is 2.76 bits per heavy atom. The fraction of sp³-hybridized carbons (Fsp3) is 0.294. The summed E-state index contributed by atoms with van der Waals surface area (Å²) in [4.78, 5) is 2.41. The topological polar surface area (TPSA) is 15.3 Å². The molecule has 0 amide bonds. The highest BCUT2D eigenvalue weighted by Gasteiger charge is 2.22. The summed E-state index contributed by atoms with van der Waals surface area (Å²) in [6.45, 7) is 2.96. The summed E-state index contributed by atoms with van der Waals surface area (Å²) >= 11 is 3.28. The summed E-state index contributed by atoms with van der Waals surface area (Å²) in [5.74, 6) is -0.203. The number of hydrogen-bond donors (Lipinski definition) is 1. The van der Waals surface area contributed by atoms with Crippen molar-refractivity contribution < 1.29 is 4.39 Å². The number of rotatable bonds is 4. The van der Waals surface area contributed by atoms with Crippen molar-refractivity contribution in [3.63, 3.8) is 0 Å². The van der Waals surface area contributed by atoms with Crippen LogP contribution in [0.1, 0.15) is 12.0 Å². The molecule has 1 aliphatic heterocycles. The fourth-order valence-corrected chi connectivity index (χ4v) is 3.10. The van der Waals surface area contributed by atoms with Gasteiger partial charge in [0.2, 0.25) is 0 Å². The van der Waals surface area contributed by atoms with Gasteiger partial charge in [-0.2, -0.15) is 0 Å². The number of benzene rings is 2. The highest BCUT2D eigenvalue weighted by Crippen LogP contribution is 2.23. The lowest BCUT2D eigenvalue weighted by Gasteiger charge is -2.18. The van der Waals surface area contributed by atoms with Crippen LogP contribution < -0.4 is 5.32 Å². The number of likely N-dealkylation sites (tertiary alicyclic amines) is 1. The molecule has 1 N–H and O–H groups in total. The zero-order valence-corrected chi connectivity index (χ0v) is 13.3. The van der Waals surface area contributed by atoms with E-state index < -0.39 is 0 Å². The Balaban J connectivity index is 1.57. The average molecular weight is 349 g/mol. The number of hydrogen-bond acceptors (Lipinski definition) is 2. The van der Waals surface area contributed by atoms with E-state index >= 15 is 0 Å². The second-order valence-corrected chi connectivity index (χ2v) is 6.39. The molecule has 0 spiro atoms. The second-order valence-electron chi connectivity index (χ2n) is 5.47. The van der Waals surface area contributed by atoms with Crippen molar-refractivity contribution in [2.24, 2.45) is 0 Å². The van der Waals surface area contributed by atoms with E-state index in [2.05, 4.69) is 50.4 Å². The van der Waals surface area contributed by atoms with E-state index in [9.17, 15) is 4.39 Å². The van der Waals surface area contributed by atoms with Gasteiger partial charge in [0.1, 0.15) is 5.82 Å². The molecule has 0 aliphatic carbocycles. The predicted octanol–water partition coefficient (Wildman–Crippen LogP) is 4.27. The predicted molar refractivity (Wildman–Crippen MR) is 87.8 cm³/mol. The standard InChI is InChI=1S/C17H18BrFN2/c18-14-6-7-17(16(19)10-14)20-15-8-9-21(12-15)11-13-4-2-1-3-5-13/h1-7,10,15,20H,8-9,11-12H2. The second kappa shape index (κ2) is 6.58. The molecule has 4 heteroatoms. The van der Waals surface area contributed by atoms with Crippen LogP contribution in [0.5, 0.6) is 0 Å². The van der Waals surface area contributed by atoms with E-state index in [1.54, 1.807) is 6.07 Å². The maximum atomic E-state index is 13.8. The van der Waals surface area contributed by atoms with E-state index in [0.29, 0.717) is 11.7 Å². The molecule has 2 aromatic carbocycles. The molecule has 1 unspecified atom stereocenters. The summed E-state index contributed by atoms with van der Waals surface area (Å²) in [6.07, 6.45) is 1.04. The van der Waals surface area contributed by atoms with Crippen molar-refractivity contribution >= 4 is 21.6 Å². The molecule has 1 aliphatic rings. The van der Waals surface area contributed by atoms with Crippen LogP contribution in [0.25, 0.3) is 0 Å². The van der Waals surface area contributed by atoms with Gasteiger partial charge in [-0.05, 0) is 30.2 Å². The Morgan fingerprint density at radius 1 is 1.19 bits per heavy atom. The third-order valence-electron chi connectivity index (χ3n) is 3.81. The Morgan fingerprint density at radius 2 is 2.00 bits per heavy atom. The van der Waals surface area contributed by atoms with E-state index in [-0.39, 0.29) is 5.82 Å². The maximum absolute atomic E-state index is 13.8. The van der Waals surface area contributed by atoms with Gasteiger partial charge in [-0.1, -0.05) is 46.3 Å². The summed E-state index contributed by atoms with van der Waals surface area (Å²) in [6, 6.07) is 15.9. The first kappa shape index (κ1) is 14.5. The highest BCUT2D eigenvalue weighted by atomic mass is 79.9. The Kier molecular flexibility index (Phi) is 4.56. The molecule has 1 heterocycles. The van der Waals surface area contributed by atoms with Gasteiger partial charge in [0, 0.05) is 30.1 Å². The van der Waals surface area contributed by atoms with Crippen molar-refractivity contribution in [3.8, 4) is 0 Å². The van der Waals surface area contributed by atoms with Crippen LogP contribution >= 0.6 is 15.9 Å². The van der Waals surface area contributed by atoms with Gasteiger partial charge in [0.05, 0.1) is 5.69 Å².